The van der Waals surface area contributed by atoms with Crippen LogP contribution < -0.4 is 14.8 Å². The van der Waals surface area contributed by atoms with Crippen molar-refractivity contribution in [2.45, 2.75) is 12.5 Å². The molecule has 0 aromatic heterocycles. The van der Waals surface area contributed by atoms with E-state index >= 15 is 0 Å². The Hall–Kier alpha value is -1.75. The monoisotopic (exact) mass is 264 g/mol. The molecule has 1 amide bonds. The molecule has 1 aromatic rings. The van der Waals surface area contributed by atoms with Gasteiger partial charge in [-0.1, -0.05) is 0 Å². The Kier molecular flexibility index (Phi) is 3.66. The molecule has 1 aliphatic heterocycles. The SMILES string of the molecule is COc1cc(OC)cc(C2(C)NCCN(C)C2=O)c1. The van der Waals surface area contributed by atoms with E-state index in [0.717, 1.165) is 18.7 Å². The van der Waals surface area contributed by atoms with Crippen molar-refractivity contribution >= 4 is 5.91 Å². The summed E-state index contributed by atoms with van der Waals surface area (Å²) in [6.07, 6.45) is 0. The van der Waals surface area contributed by atoms with Crippen LogP contribution in [0.15, 0.2) is 18.2 Å². The molecule has 0 aliphatic carbocycles. The summed E-state index contributed by atoms with van der Waals surface area (Å²) in [4.78, 5) is 14.2. The van der Waals surface area contributed by atoms with E-state index in [2.05, 4.69) is 5.32 Å². The Bertz CT molecular complexity index is 467. The number of carbonyl (C=O) groups excluding carboxylic acids is 1. The Balaban J connectivity index is 2.47. The summed E-state index contributed by atoms with van der Waals surface area (Å²) in [6, 6.07) is 5.53. The van der Waals surface area contributed by atoms with Gasteiger partial charge in [0.1, 0.15) is 17.0 Å². The lowest BCUT2D eigenvalue weighted by molar-refractivity contribution is -0.139. The van der Waals surface area contributed by atoms with Crippen molar-refractivity contribution in [2.75, 3.05) is 34.4 Å². The minimum Gasteiger partial charge on any atom is -0.497 e. The maximum absolute atomic E-state index is 12.4. The molecule has 0 saturated carbocycles. The molecule has 1 aromatic carbocycles. The number of rotatable bonds is 3. The number of nitrogens with one attached hydrogen (secondary N) is 1. The van der Waals surface area contributed by atoms with Gasteiger partial charge in [0.05, 0.1) is 14.2 Å². The summed E-state index contributed by atoms with van der Waals surface area (Å²) < 4.78 is 10.5. The molecule has 1 heterocycles. The highest BCUT2D eigenvalue weighted by atomic mass is 16.5. The summed E-state index contributed by atoms with van der Waals surface area (Å²) in [6.45, 7) is 3.37. The number of carbonyl (C=O) groups is 1. The molecule has 1 unspecified atom stereocenters. The third kappa shape index (κ3) is 2.38. The average Bonchev–Trinajstić information content (AvgIpc) is 2.44. The fraction of sp³-hybridized carbons (Fsp3) is 0.500. The van der Waals surface area contributed by atoms with Gasteiger partial charge in [-0.2, -0.15) is 0 Å². The summed E-state index contributed by atoms with van der Waals surface area (Å²) in [5.41, 5.74) is 0.106. The Morgan fingerprint density at radius 1 is 1.21 bits per heavy atom. The number of nitrogens with zero attached hydrogens (tertiary/aromatic N) is 1. The Labute approximate surface area is 113 Å². The van der Waals surface area contributed by atoms with Crippen molar-refractivity contribution in [3.05, 3.63) is 23.8 Å². The minimum absolute atomic E-state index is 0.0501. The van der Waals surface area contributed by atoms with Crippen molar-refractivity contribution in [2.24, 2.45) is 0 Å². The van der Waals surface area contributed by atoms with Crippen LogP contribution in [-0.2, 0) is 10.3 Å². The summed E-state index contributed by atoms with van der Waals surface area (Å²) in [5, 5.41) is 3.29. The van der Waals surface area contributed by atoms with E-state index in [9.17, 15) is 4.79 Å². The van der Waals surface area contributed by atoms with E-state index in [1.807, 2.05) is 26.1 Å². The first kappa shape index (κ1) is 13.7. The maximum Gasteiger partial charge on any atom is 0.246 e. The van der Waals surface area contributed by atoms with Crippen molar-refractivity contribution in [3.63, 3.8) is 0 Å². The Morgan fingerprint density at radius 3 is 2.32 bits per heavy atom. The van der Waals surface area contributed by atoms with E-state index in [-0.39, 0.29) is 5.91 Å². The second-order valence-electron chi connectivity index (χ2n) is 4.88. The zero-order valence-electron chi connectivity index (χ0n) is 11.8. The number of methoxy groups -OCH3 is 2. The first-order valence-electron chi connectivity index (χ1n) is 6.25. The molecule has 0 bridgehead atoms. The first-order valence-corrected chi connectivity index (χ1v) is 6.25. The van der Waals surface area contributed by atoms with Crippen LogP contribution in [0.1, 0.15) is 12.5 Å². The summed E-state index contributed by atoms with van der Waals surface area (Å²) in [7, 11) is 5.02. The van der Waals surface area contributed by atoms with Gasteiger partial charge in [-0.05, 0) is 24.6 Å². The fourth-order valence-corrected chi connectivity index (χ4v) is 2.35. The molecule has 104 valence electrons. The van der Waals surface area contributed by atoms with Crippen LogP contribution in [0.25, 0.3) is 0 Å². The van der Waals surface area contributed by atoms with Crippen LogP contribution in [0, 0.1) is 0 Å². The van der Waals surface area contributed by atoms with Crippen LogP contribution in [0.5, 0.6) is 11.5 Å². The lowest BCUT2D eigenvalue weighted by Crippen LogP contribution is -2.59. The summed E-state index contributed by atoms with van der Waals surface area (Å²) in [5.74, 6) is 1.41. The highest BCUT2D eigenvalue weighted by Crippen LogP contribution is 2.32. The molecule has 1 N–H and O–H groups in total. The van der Waals surface area contributed by atoms with E-state index in [0.29, 0.717) is 11.5 Å². The van der Waals surface area contributed by atoms with E-state index in [4.69, 9.17) is 9.47 Å². The van der Waals surface area contributed by atoms with Crippen LogP contribution in [0.4, 0.5) is 0 Å². The number of ether oxygens (including phenoxy) is 2. The average molecular weight is 264 g/mol. The van der Waals surface area contributed by atoms with Gasteiger partial charge in [0.25, 0.3) is 0 Å². The lowest BCUT2D eigenvalue weighted by Gasteiger charge is -2.39. The largest absolute Gasteiger partial charge is 0.497 e. The number of piperazine rings is 1. The van der Waals surface area contributed by atoms with Gasteiger partial charge in [0.15, 0.2) is 0 Å². The normalized spacial score (nSPS) is 23.4. The molecule has 0 spiro atoms. The standard InChI is InChI=1S/C14H20N2O3/c1-14(13(17)16(2)6-5-15-14)10-7-11(18-3)9-12(8-10)19-4/h7-9,15H,5-6H2,1-4H3. The Morgan fingerprint density at radius 2 is 1.79 bits per heavy atom. The third-order valence-electron chi connectivity index (χ3n) is 3.63. The van der Waals surface area contributed by atoms with Crippen molar-refractivity contribution in [1.29, 1.82) is 0 Å². The second-order valence-corrected chi connectivity index (χ2v) is 4.88. The van der Waals surface area contributed by atoms with Gasteiger partial charge >= 0.3 is 0 Å². The fourth-order valence-electron chi connectivity index (χ4n) is 2.35. The molecule has 1 saturated heterocycles. The smallest absolute Gasteiger partial charge is 0.246 e. The van der Waals surface area contributed by atoms with Gasteiger partial charge < -0.3 is 14.4 Å². The molecule has 5 heteroatoms. The van der Waals surface area contributed by atoms with Crippen LogP contribution in [0.2, 0.25) is 0 Å². The molecule has 1 aliphatic rings. The molecule has 1 fully saturated rings. The predicted octanol–water partition coefficient (Wildman–Crippen LogP) is 0.981. The van der Waals surface area contributed by atoms with Gasteiger partial charge in [-0.25, -0.2) is 0 Å². The maximum atomic E-state index is 12.4. The van der Waals surface area contributed by atoms with Crippen LogP contribution in [-0.4, -0.2) is 45.2 Å². The van der Waals surface area contributed by atoms with Gasteiger partial charge in [-0.3, -0.25) is 10.1 Å². The molecule has 0 radical (unpaired) electrons. The zero-order chi connectivity index (χ0) is 14.0. The highest BCUT2D eigenvalue weighted by Gasteiger charge is 2.40. The third-order valence-corrected chi connectivity index (χ3v) is 3.63. The highest BCUT2D eigenvalue weighted by molar-refractivity contribution is 5.88. The van der Waals surface area contributed by atoms with Crippen molar-refractivity contribution in [3.8, 4) is 11.5 Å². The molecular weight excluding hydrogens is 244 g/mol. The lowest BCUT2D eigenvalue weighted by atomic mass is 9.88. The van der Waals surface area contributed by atoms with E-state index in [1.165, 1.54) is 0 Å². The predicted molar refractivity (Wildman–Crippen MR) is 72.5 cm³/mol. The van der Waals surface area contributed by atoms with Gasteiger partial charge in [0, 0.05) is 26.2 Å². The van der Waals surface area contributed by atoms with Crippen LogP contribution >= 0.6 is 0 Å². The number of likely N-dealkylation sites (N-methyl/N-ethyl adjacent to an activating group) is 1. The molecule has 19 heavy (non-hydrogen) atoms. The quantitative estimate of drug-likeness (QED) is 0.884. The zero-order valence-corrected chi connectivity index (χ0v) is 11.8. The van der Waals surface area contributed by atoms with Crippen molar-refractivity contribution in [1.82, 2.24) is 10.2 Å². The van der Waals surface area contributed by atoms with Crippen LogP contribution in [0.3, 0.4) is 0 Å². The molecule has 5 nitrogen and oxygen atoms in total. The summed E-state index contributed by atoms with van der Waals surface area (Å²) >= 11 is 0. The molecular formula is C14H20N2O3. The first-order chi connectivity index (χ1) is 9.01. The number of amides is 1. The van der Waals surface area contributed by atoms with E-state index in [1.54, 1.807) is 25.2 Å². The molecule has 2 rings (SSSR count). The van der Waals surface area contributed by atoms with Gasteiger partial charge in [-0.15, -0.1) is 0 Å². The number of hydrogen-bond donors (Lipinski definition) is 1. The topological polar surface area (TPSA) is 50.8 Å². The minimum atomic E-state index is -0.741. The number of benzene rings is 1. The van der Waals surface area contributed by atoms with E-state index < -0.39 is 5.54 Å². The van der Waals surface area contributed by atoms with Gasteiger partial charge in [0.2, 0.25) is 5.91 Å². The second kappa shape index (κ2) is 5.09. The molecule has 1 atom stereocenters. The van der Waals surface area contributed by atoms with Crippen molar-refractivity contribution < 1.29 is 14.3 Å². The number of hydrogen-bond acceptors (Lipinski definition) is 4.